The molecule has 0 N–H and O–H groups in total. The highest BCUT2D eigenvalue weighted by Gasteiger charge is 2.24. The molecule has 1 saturated carbocycles. The molecule has 4 heteroatoms. The average molecular weight is 497 g/mol. The Bertz CT molecular complexity index is 801. The largest absolute Gasteiger partial charge is 0.381 e. The smallest absolute Gasteiger partial charge is 0.250 e. The summed E-state index contributed by atoms with van der Waals surface area (Å²) in [5, 5.41) is 0. The van der Waals surface area contributed by atoms with Crippen LogP contribution >= 0.6 is 0 Å². The molecule has 0 spiro atoms. The first-order valence-corrected chi connectivity index (χ1v) is 14.5. The molecule has 0 aromatic carbocycles. The minimum atomic E-state index is 0.221. The fraction of sp³-hybridized carbons (Fsp3) is 0.688. The van der Waals surface area contributed by atoms with Crippen molar-refractivity contribution in [3.05, 3.63) is 35.1 Å². The average Bonchev–Trinajstić information content (AvgIpc) is 3.45. The second kappa shape index (κ2) is 19.1. The molecule has 0 aromatic rings. The van der Waals surface area contributed by atoms with Gasteiger partial charge in [-0.1, -0.05) is 78.0 Å². The summed E-state index contributed by atoms with van der Waals surface area (Å²) in [4.78, 5) is 18.9. The second-order valence-electron chi connectivity index (χ2n) is 9.78. The molecule has 1 amide bonds. The zero-order valence-electron chi connectivity index (χ0n) is 24.1. The van der Waals surface area contributed by atoms with E-state index in [9.17, 15) is 4.79 Å². The number of hydrogen-bond acceptors (Lipinski definition) is 3. The topological polar surface area (TPSA) is 41.9 Å². The van der Waals surface area contributed by atoms with Crippen molar-refractivity contribution in [3.63, 3.8) is 0 Å². The molecule has 1 fully saturated rings. The van der Waals surface area contributed by atoms with E-state index in [1.54, 1.807) is 0 Å². The van der Waals surface area contributed by atoms with E-state index >= 15 is 0 Å². The van der Waals surface area contributed by atoms with Gasteiger partial charge >= 0.3 is 0 Å². The summed E-state index contributed by atoms with van der Waals surface area (Å²) in [7, 11) is 0. The fourth-order valence-electron chi connectivity index (χ4n) is 4.98. The molecule has 1 heterocycles. The number of ether oxygens (including phenoxy) is 1. The van der Waals surface area contributed by atoms with Gasteiger partial charge in [0.2, 0.25) is 5.91 Å². The van der Waals surface area contributed by atoms with Crippen molar-refractivity contribution >= 4 is 11.6 Å². The van der Waals surface area contributed by atoms with Gasteiger partial charge in [0.1, 0.15) is 0 Å². The Morgan fingerprint density at radius 3 is 2.36 bits per heavy atom. The van der Waals surface area contributed by atoms with E-state index in [2.05, 4.69) is 33.6 Å². The molecule has 0 radical (unpaired) electrons. The standard InChI is InChI=1S/C18H27NO.C12H19NO.C2H6/c1-4-16-11-8-12-20-13-14(2)18(19-15(16)3)17-9-6-5-7-10-17;1-3-9-13(10-4-2)12(14)11-7-5-6-8-11;1-2/h1,14,17H,5-13H2,2-3H3;5-7H,3-4,8-10H2,1-2H3;1-2H3/b16-15-,19-18?;;. The van der Waals surface area contributed by atoms with E-state index in [-0.39, 0.29) is 5.91 Å². The maximum Gasteiger partial charge on any atom is 0.250 e. The van der Waals surface area contributed by atoms with Crippen molar-refractivity contribution in [2.24, 2.45) is 16.8 Å². The third kappa shape index (κ3) is 10.9. The lowest BCUT2D eigenvalue weighted by molar-refractivity contribution is -0.127. The van der Waals surface area contributed by atoms with Crippen molar-refractivity contribution in [2.75, 3.05) is 26.3 Å². The summed E-state index contributed by atoms with van der Waals surface area (Å²) in [5.74, 6) is 4.09. The summed E-state index contributed by atoms with van der Waals surface area (Å²) < 4.78 is 5.80. The highest BCUT2D eigenvalue weighted by molar-refractivity contribution is 5.94. The molecule has 0 bridgehead atoms. The molecule has 36 heavy (non-hydrogen) atoms. The van der Waals surface area contributed by atoms with Gasteiger partial charge < -0.3 is 9.64 Å². The predicted octanol–water partition coefficient (Wildman–Crippen LogP) is 7.91. The van der Waals surface area contributed by atoms with Gasteiger partial charge in [0.15, 0.2) is 0 Å². The van der Waals surface area contributed by atoms with Gasteiger partial charge in [-0.05, 0) is 57.8 Å². The SMILES string of the molecule is C#C/C1=C(\C)N=C(C2CCCCC2)C(C)COCCC1.CC.CCCN(CCC)C(=O)C1=CC=CC1. The van der Waals surface area contributed by atoms with Crippen LogP contribution in [0.25, 0.3) is 0 Å². The quantitative estimate of drug-likeness (QED) is 0.351. The van der Waals surface area contributed by atoms with E-state index < -0.39 is 0 Å². The van der Waals surface area contributed by atoms with Gasteiger partial charge in [-0.3, -0.25) is 9.79 Å². The van der Waals surface area contributed by atoms with Crippen LogP contribution in [0, 0.1) is 24.2 Å². The van der Waals surface area contributed by atoms with Crippen molar-refractivity contribution < 1.29 is 9.53 Å². The Morgan fingerprint density at radius 1 is 1.14 bits per heavy atom. The number of terminal acetylenes is 1. The normalized spacial score (nSPS) is 22.6. The van der Waals surface area contributed by atoms with E-state index in [0.29, 0.717) is 11.8 Å². The molecule has 1 unspecified atom stereocenters. The van der Waals surface area contributed by atoms with Gasteiger partial charge in [-0.15, -0.1) is 6.42 Å². The van der Waals surface area contributed by atoms with Crippen LogP contribution in [0.5, 0.6) is 0 Å². The van der Waals surface area contributed by atoms with Crippen LogP contribution in [-0.2, 0) is 9.53 Å². The number of allylic oxidation sites excluding steroid dienone is 5. The Morgan fingerprint density at radius 2 is 1.81 bits per heavy atom. The monoisotopic (exact) mass is 496 g/mol. The van der Waals surface area contributed by atoms with Crippen LogP contribution < -0.4 is 0 Å². The first-order valence-electron chi connectivity index (χ1n) is 14.5. The van der Waals surface area contributed by atoms with Gasteiger partial charge in [0.25, 0.3) is 0 Å². The Labute approximate surface area is 222 Å². The molecule has 3 rings (SSSR count). The van der Waals surface area contributed by atoms with E-state index in [0.717, 1.165) is 75.3 Å². The number of carbonyl (C=O) groups is 1. The van der Waals surface area contributed by atoms with E-state index in [1.807, 2.05) is 37.0 Å². The fourth-order valence-corrected chi connectivity index (χ4v) is 4.98. The number of aliphatic imine (C=N–C) groups is 1. The zero-order chi connectivity index (χ0) is 26.8. The van der Waals surface area contributed by atoms with Gasteiger partial charge in [-0.2, -0.15) is 0 Å². The lowest BCUT2D eigenvalue weighted by Crippen LogP contribution is -2.33. The molecular formula is C32H52N2O2. The molecule has 4 nitrogen and oxygen atoms in total. The Balaban J connectivity index is 0.000000356. The van der Waals surface area contributed by atoms with Gasteiger partial charge in [-0.25, -0.2) is 0 Å². The van der Waals surface area contributed by atoms with E-state index in [4.69, 9.17) is 16.2 Å². The lowest BCUT2D eigenvalue weighted by Gasteiger charge is -2.28. The van der Waals surface area contributed by atoms with Gasteiger partial charge in [0.05, 0.1) is 6.61 Å². The number of amides is 1. The molecule has 1 aliphatic heterocycles. The predicted molar refractivity (Wildman–Crippen MR) is 155 cm³/mol. The summed E-state index contributed by atoms with van der Waals surface area (Å²) >= 11 is 0. The first kappa shape index (κ1) is 31.9. The van der Waals surface area contributed by atoms with Crippen LogP contribution in [0.1, 0.15) is 106 Å². The van der Waals surface area contributed by atoms with Gasteiger partial charge in [0, 0.05) is 48.2 Å². The molecule has 0 aromatic heterocycles. The zero-order valence-corrected chi connectivity index (χ0v) is 24.1. The third-order valence-corrected chi connectivity index (χ3v) is 6.84. The Hall–Kier alpha value is -2.12. The van der Waals surface area contributed by atoms with Crippen molar-refractivity contribution in [3.8, 4) is 12.3 Å². The summed E-state index contributed by atoms with van der Waals surface area (Å²) in [6.45, 7) is 15.9. The highest BCUT2D eigenvalue weighted by atomic mass is 16.5. The molecule has 3 aliphatic rings. The van der Waals surface area contributed by atoms with Crippen molar-refractivity contribution in [1.82, 2.24) is 4.90 Å². The number of nitrogens with zero attached hydrogens (tertiary/aromatic N) is 2. The number of carbonyl (C=O) groups excluding carboxylic acids is 1. The van der Waals surface area contributed by atoms with Crippen LogP contribution in [0.15, 0.2) is 40.1 Å². The maximum atomic E-state index is 11.9. The van der Waals surface area contributed by atoms with E-state index in [1.165, 1.54) is 37.8 Å². The van der Waals surface area contributed by atoms with Crippen molar-refractivity contribution in [2.45, 2.75) is 106 Å². The maximum absolute atomic E-state index is 11.9. The molecule has 1 atom stereocenters. The van der Waals surface area contributed by atoms with Crippen molar-refractivity contribution in [1.29, 1.82) is 0 Å². The van der Waals surface area contributed by atoms with Crippen LogP contribution in [0.2, 0.25) is 0 Å². The molecule has 2 aliphatic carbocycles. The first-order chi connectivity index (χ1) is 17.5. The van der Waals surface area contributed by atoms with Crippen LogP contribution in [0.3, 0.4) is 0 Å². The minimum Gasteiger partial charge on any atom is -0.381 e. The number of hydrogen-bond donors (Lipinski definition) is 0. The second-order valence-corrected chi connectivity index (χ2v) is 9.78. The Kier molecular flexibility index (Phi) is 16.9. The summed E-state index contributed by atoms with van der Waals surface area (Å²) in [6.07, 6.45) is 23.0. The summed E-state index contributed by atoms with van der Waals surface area (Å²) in [6, 6.07) is 0. The third-order valence-electron chi connectivity index (χ3n) is 6.84. The highest BCUT2D eigenvalue weighted by Crippen LogP contribution is 2.29. The van der Waals surface area contributed by atoms with Crippen LogP contribution in [0.4, 0.5) is 0 Å². The minimum absolute atomic E-state index is 0.221. The lowest BCUT2D eigenvalue weighted by atomic mass is 9.81. The molecule has 202 valence electrons. The summed E-state index contributed by atoms with van der Waals surface area (Å²) in [5.41, 5.74) is 4.38. The van der Waals surface area contributed by atoms with Crippen LogP contribution in [-0.4, -0.2) is 42.8 Å². The number of rotatable bonds is 6. The molecular weight excluding hydrogens is 444 g/mol. The molecule has 0 saturated heterocycles.